The number of aromatic amines is 1. The Balaban J connectivity index is 0.000000158. The molecular formula is C23H23F3N2O3. The lowest BCUT2D eigenvalue weighted by molar-refractivity contribution is -0.176. The molecule has 0 spiro atoms. The van der Waals surface area contributed by atoms with Crippen molar-refractivity contribution in [3.63, 3.8) is 0 Å². The normalized spacial score (nSPS) is 17.3. The summed E-state index contributed by atoms with van der Waals surface area (Å²) < 4.78 is 44.2. The fraction of sp³-hybridized carbons (Fsp3) is 0.348. The molecule has 1 saturated heterocycles. The van der Waals surface area contributed by atoms with Crippen molar-refractivity contribution in [2.75, 3.05) is 19.8 Å². The second kappa shape index (κ2) is 8.72. The highest BCUT2D eigenvalue weighted by Gasteiger charge is 2.37. The summed E-state index contributed by atoms with van der Waals surface area (Å²) in [4.78, 5) is 14.2. The zero-order chi connectivity index (χ0) is 22.0. The molecule has 0 bridgehead atoms. The van der Waals surface area contributed by atoms with Gasteiger partial charge in [0, 0.05) is 23.1 Å². The quantitative estimate of drug-likeness (QED) is 0.585. The van der Waals surface area contributed by atoms with Crippen LogP contribution >= 0.6 is 0 Å². The molecule has 8 heteroatoms. The molecular weight excluding hydrogens is 409 g/mol. The van der Waals surface area contributed by atoms with Crippen molar-refractivity contribution in [2.45, 2.75) is 24.9 Å². The molecule has 2 aliphatic rings. The first-order valence-electron chi connectivity index (χ1n) is 10.1. The topological polar surface area (TPSA) is 74.4 Å². The van der Waals surface area contributed by atoms with E-state index in [4.69, 9.17) is 4.74 Å². The first kappa shape index (κ1) is 21.4. The summed E-state index contributed by atoms with van der Waals surface area (Å²) in [6, 6.07) is 9.50. The van der Waals surface area contributed by atoms with Crippen LogP contribution in [-0.4, -0.2) is 41.4 Å². The number of amides is 1. The molecule has 0 atom stereocenters. The van der Waals surface area contributed by atoms with Gasteiger partial charge in [0.15, 0.2) is 0 Å². The molecule has 31 heavy (non-hydrogen) atoms. The molecule has 3 aromatic rings. The molecule has 1 aliphatic heterocycles. The number of hydrogen-bond acceptors (Lipinski definition) is 3. The molecule has 2 heterocycles. The summed E-state index contributed by atoms with van der Waals surface area (Å²) in [5.74, 6) is -1.31. The van der Waals surface area contributed by atoms with Gasteiger partial charge in [0.25, 0.3) is 0 Å². The number of carbonyl (C=O) groups excluding carboxylic acids is 1. The van der Waals surface area contributed by atoms with Crippen molar-refractivity contribution in [1.82, 2.24) is 10.3 Å². The highest BCUT2D eigenvalue weighted by atomic mass is 19.1. The lowest BCUT2D eigenvalue weighted by atomic mass is 9.84. The minimum atomic E-state index is -0.792. The molecule has 5 nitrogen and oxygen atoms in total. The molecule has 5 rings (SSSR count). The van der Waals surface area contributed by atoms with Gasteiger partial charge in [-0.3, -0.25) is 4.79 Å². The minimum Gasteiger partial charge on any atom is -0.383 e. The Morgan fingerprint density at radius 1 is 1.10 bits per heavy atom. The number of nitrogens with one attached hydrogen (secondary N) is 2. The minimum absolute atomic E-state index is 0.0894. The molecule has 1 aromatic heterocycles. The Labute approximate surface area is 177 Å². The number of aliphatic hydroxyl groups is 1. The average molecular weight is 432 g/mol. The van der Waals surface area contributed by atoms with Crippen molar-refractivity contribution >= 4 is 16.8 Å². The second-order valence-corrected chi connectivity index (χ2v) is 8.10. The van der Waals surface area contributed by atoms with Crippen LogP contribution in [0.15, 0.2) is 42.5 Å². The predicted molar refractivity (Wildman–Crippen MR) is 110 cm³/mol. The summed E-state index contributed by atoms with van der Waals surface area (Å²) in [6.45, 7) is 1.03. The van der Waals surface area contributed by atoms with E-state index in [9.17, 15) is 23.1 Å². The molecule has 2 fully saturated rings. The third-order valence-electron chi connectivity index (χ3n) is 5.61. The maximum absolute atomic E-state index is 13.5. The Kier molecular flexibility index (Phi) is 6.02. The van der Waals surface area contributed by atoms with E-state index in [-0.39, 0.29) is 23.2 Å². The summed E-state index contributed by atoms with van der Waals surface area (Å²) in [5.41, 5.74) is 0.789. The Bertz CT molecular complexity index is 1070. The summed E-state index contributed by atoms with van der Waals surface area (Å²) in [5, 5.41) is 12.8. The van der Waals surface area contributed by atoms with Crippen LogP contribution in [0.3, 0.4) is 0 Å². The first-order valence-corrected chi connectivity index (χ1v) is 10.1. The Morgan fingerprint density at radius 2 is 1.81 bits per heavy atom. The average Bonchev–Trinajstić information content (AvgIpc) is 3.09. The molecule has 1 saturated carbocycles. The van der Waals surface area contributed by atoms with Crippen LogP contribution in [0.2, 0.25) is 0 Å². The molecule has 0 unspecified atom stereocenters. The number of fused-ring (bicyclic) bond motifs is 1. The standard InChI is InChI=1S/C14H8F3N.C9H15NO3/c15-10-3-1-8(2-4-10)13-6-9-5-11(16)7-12(17)14(9)18-13;11-8(7-2-1-3-7)10-4-9(12)5-13-6-9/h1-7,18H;7,12H,1-6H2,(H,10,11). The molecule has 164 valence electrons. The van der Waals surface area contributed by atoms with E-state index in [0.29, 0.717) is 36.4 Å². The van der Waals surface area contributed by atoms with E-state index in [0.717, 1.165) is 25.3 Å². The number of benzene rings is 2. The number of hydrogen-bond donors (Lipinski definition) is 3. The van der Waals surface area contributed by atoms with E-state index in [1.165, 1.54) is 18.2 Å². The van der Waals surface area contributed by atoms with Crippen molar-refractivity contribution in [3.05, 3.63) is 59.9 Å². The molecule has 2 aromatic carbocycles. The summed E-state index contributed by atoms with van der Waals surface area (Å²) in [6.07, 6.45) is 3.16. The number of halogens is 3. The number of H-pyrrole nitrogens is 1. The zero-order valence-electron chi connectivity index (χ0n) is 16.8. The van der Waals surface area contributed by atoms with Crippen LogP contribution in [0.1, 0.15) is 19.3 Å². The van der Waals surface area contributed by atoms with Gasteiger partial charge in [-0.1, -0.05) is 6.42 Å². The number of carbonyl (C=O) groups is 1. The van der Waals surface area contributed by atoms with Gasteiger partial charge < -0.3 is 20.1 Å². The second-order valence-electron chi connectivity index (χ2n) is 8.10. The molecule has 3 N–H and O–H groups in total. The van der Waals surface area contributed by atoms with Gasteiger partial charge in [-0.2, -0.15) is 0 Å². The smallest absolute Gasteiger partial charge is 0.223 e. The van der Waals surface area contributed by atoms with Crippen LogP contribution in [0.25, 0.3) is 22.2 Å². The van der Waals surface area contributed by atoms with Crippen LogP contribution in [-0.2, 0) is 9.53 Å². The molecule has 1 aliphatic carbocycles. The van der Waals surface area contributed by atoms with E-state index in [2.05, 4.69) is 10.3 Å². The van der Waals surface area contributed by atoms with Gasteiger partial charge in [0.1, 0.15) is 23.1 Å². The van der Waals surface area contributed by atoms with Gasteiger partial charge in [-0.25, -0.2) is 13.2 Å². The maximum Gasteiger partial charge on any atom is 0.223 e. The third-order valence-corrected chi connectivity index (χ3v) is 5.61. The Hall–Kier alpha value is -2.84. The van der Waals surface area contributed by atoms with E-state index in [1.54, 1.807) is 18.2 Å². The predicted octanol–water partition coefficient (Wildman–Crippen LogP) is 3.92. The SMILES string of the molecule is Fc1ccc(-c2cc3cc(F)cc(F)c3[nH]2)cc1.O=C(NCC1(O)COC1)C1CCC1. The van der Waals surface area contributed by atoms with Crippen molar-refractivity contribution < 1.29 is 27.8 Å². The monoisotopic (exact) mass is 432 g/mol. The lowest BCUT2D eigenvalue weighted by Gasteiger charge is -2.37. The largest absolute Gasteiger partial charge is 0.383 e. The lowest BCUT2D eigenvalue weighted by Crippen LogP contribution is -2.57. The van der Waals surface area contributed by atoms with E-state index in [1.807, 2.05) is 0 Å². The van der Waals surface area contributed by atoms with Crippen molar-refractivity contribution in [2.24, 2.45) is 5.92 Å². The number of rotatable bonds is 4. The van der Waals surface area contributed by atoms with Gasteiger partial charge in [-0.05, 0) is 54.8 Å². The molecule has 1 amide bonds. The van der Waals surface area contributed by atoms with Crippen LogP contribution in [0.5, 0.6) is 0 Å². The van der Waals surface area contributed by atoms with Gasteiger partial charge >= 0.3 is 0 Å². The number of ether oxygens (including phenoxy) is 1. The zero-order valence-corrected chi connectivity index (χ0v) is 16.8. The highest BCUT2D eigenvalue weighted by Crippen LogP contribution is 2.27. The fourth-order valence-corrected chi connectivity index (χ4v) is 3.46. The Morgan fingerprint density at radius 3 is 2.39 bits per heavy atom. The van der Waals surface area contributed by atoms with Gasteiger partial charge in [0.2, 0.25) is 5.91 Å². The van der Waals surface area contributed by atoms with Crippen LogP contribution in [0, 0.1) is 23.4 Å². The van der Waals surface area contributed by atoms with Crippen molar-refractivity contribution in [1.29, 1.82) is 0 Å². The summed E-state index contributed by atoms with van der Waals surface area (Å²) in [7, 11) is 0. The van der Waals surface area contributed by atoms with Crippen LogP contribution < -0.4 is 5.32 Å². The maximum atomic E-state index is 13.5. The highest BCUT2D eigenvalue weighted by molar-refractivity contribution is 5.86. The van der Waals surface area contributed by atoms with Crippen molar-refractivity contribution in [3.8, 4) is 11.3 Å². The van der Waals surface area contributed by atoms with Crippen LogP contribution in [0.4, 0.5) is 13.2 Å². The van der Waals surface area contributed by atoms with Gasteiger partial charge in [0.05, 0.1) is 25.3 Å². The van der Waals surface area contributed by atoms with E-state index < -0.39 is 17.2 Å². The third kappa shape index (κ3) is 4.91. The summed E-state index contributed by atoms with van der Waals surface area (Å²) >= 11 is 0. The first-order chi connectivity index (χ1) is 14.8. The van der Waals surface area contributed by atoms with Gasteiger partial charge in [-0.15, -0.1) is 0 Å². The molecule has 0 radical (unpaired) electrons. The fourth-order valence-electron chi connectivity index (χ4n) is 3.46. The van der Waals surface area contributed by atoms with E-state index >= 15 is 0 Å². The number of aromatic nitrogens is 1.